The lowest BCUT2D eigenvalue weighted by atomic mass is 10.1. The number of carbonyl (C=O) groups excluding carboxylic acids is 1. The topological polar surface area (TPSA) is 81.9 Å². The summed E-state index contributed by atoms with van der Waals surface area (Å²) >= 11 is 5.95. The largest absolute Gasteiger partial charge is 0.496 e. The maximum Gasteiger partial charge on any atom is 0.259 e. The number of nitrogens with zero attached hydrogens (tertiary/aromatic N) is 4. The van der Waals surface area contributed by atoms with Crippen LogP contribution in [0.4, 0.5) is 5.69 Å². The van der Waals surface area contributed by atoms with E-state index in [1.54, 1.807) is 36.4 Å². The molecule has 0 radical (unpaired) electrons. The maximum absolute atomic E-state index is 12.4. The lowest BCUT2D eigenvalue weighted by Gasteiger charge is -2.10. The summed E-state index contributed by atoms with van der Waals surface area (Å²) in [5, 5.41) is 14.2. The Kier molecular flexibility index (Phi) is 4.20. The molecule has 0 bridgehead atoms. The third-order valence-electron chi connectivity index (χ3n) is 3.12. The minimum atomic E-state index is -0.321. The molecule has 0 aliphatic carbocycles. The van der Waals surface area contributed by atoms with Gasteiger partial charge in [0.25, 0.3) is 5.91 Å². The van der Waals surface area contributed by atoms with E-state index in [1.165, 1.54) is 18.1 Å². The van der Waals surface area contributed by atoms with E-state index in [4.69, 9.17) is 16.3 Å². The van der Waals surface area contributed by atoms with Crippen LogP contribution in [0.1, 0.15) is 10.4 Å². The van der Waals surface area contributed by atoms with Gasteiger partial charge in [-0.05, 0) is 46.8 Å². The number of anilines is 1. The van der Waals surface area contributed by atoms with Crippen molar-refractivity contribution in [3.05, 3.63) is 59.4 Å². The van der Waals surface area contributed by atoms with Crippen molar-refractivity contribution in [2.24, 2.45) is 0 Å². The average Bonchev–Trinajstić information content (AvgIpc) is 3.09. The highest BCUT2D eigenvalue weighted by Crippen LogP contribution is 2.24. The molecule has 3 rings (SSSR count). The summed E-state index contributed by atoms with van der Waals surface area (Å²) in [6.45, 7) is 0. The molecule has 0 fully saturated rings. The second-order valence-corrected chi connectivity index (χ2v) is 5.04. The highest BCUT2D eigenvalue weighted by molar-refractivity contribution is 6.31. The number of tetrazole rings is 1. The van der Waals surface area contributed by atoms with Gasteiger partial charge in [0.05, 0.1) is 18.4 Å². The standard InChI is InChI=1S/C15H12ClN5O2/c1-23-14-6-5-10(16)7-13(14)15(22)18-11-3-2-4-12(8-11)21-9-17-19-20-21/h2-9H,1H3,(H,18,22). The van der Waals surface area contributed by atoms with Gasteiger partial charge in [-0.3, -0.25) is 4.79 Å². The van der Waals surface area contributed by atoms with Crippen LogP contribution in [0.25, 0.3) is 5.69 Å². The summed E-state index contributed by atoms with van der Waals surface area (Å²) in [6, 6.07) is 12.0. The third-order valence-corrected chi connectivity index (χ3v) is 3.36. The smallest absolute Gasteiger partial charge is 0.259 e. The van der Waals surface area contributed by atoms with E-state index in [0.717, 1.165) is 5.69 Å². The number of halogens is 1. The van der Waals surface area contributed by atoms with Gasteiger partial charge in [-0.2, -0.15) is 0 Å². The molecule has 3 aromatic rings. The molecule has 1 N–H and O–H groups in total. The van der Waals surface area contributed by atoms with Crippen LogP contribution in [0.2, 0.25) is 5.02 Å². The first-order chi connectivity index (χ1) is 11.2. The number of aromatic nitrogens is 4. The van der Waals surface area contributed by atoms with Crippen LogP contribution in [0.5, 0.6) is 5.75 Å². The van der Waals surface area contributed by atoms with Crippen molar-refractivity contribution in [2.45, 2.75) is 0 Å². The van der Waals surface area contributed by atoms with Crippen LogP contribution >= 0.6 is 11.6 Å². The molecule has 0 atom stereocenters. The predicted octanol–water partition coefficient (Wildman–Crippen LogP) is 2.58. The molecule has 8 heteroatoms. The van der Waals surface area contributed by atoms with Crippen LogP contribution in [0, 0.1) is 0 Å². The molecule has 23 heavy (non-hydrogen) atoms. The number of rotatable bonds is 4. The Labute approximate surface area is 136 Å². The molecule has 0 aliphatic heterocycles. The molecule has 0 saturated heterocycles. The van der Waals surface area contributed by atoms with Crippen molar-refractivity contribution in [2.75, 3.05) is 12.4 Å². The first kappa shape index (κ1) is 15.0. The Morgan fingerprint density at radius 3 is 2.87 bits per heavy atom. The molecule has 0 aliphatic rings. The van der Waals surface area contributed by atoms with Gasteiger partial charge < -0.3 is 10.1 Å². The summed E-state index contributed by atoms with van der Waals surface area (Å²) < 4.78 is 6.69. The Morgan fingerprint density at radius 2 is 2.13 bits per heavy atom. The third kappa shape index (κ3) is 3.29. The van der Waals surface area contributed by atoms with Crippen LogP contribution in [-0.2, 0) is 0 Å². The Morgan fingerprint density at radius 1 is 1.26 bits per heavy atom. The van der Waals surface area contributed by atoms with Crippen molar-refractivity contribution in [1.82, 2.24) is 20.2 Å². The number of amides is 1. The van der Waals surface area contributed by atoms with Crippen molar-refractivity contribution >= 4 is 23.2 Å². The molecule has 116 valence electrons. The van der Waals surface area contributed by atoms with Gasteiger partial charge in [-0.25, -0.2) is 4.68 Å². The van der Waals surface area contributed by atoms with Gasteiger partial charge in [0.2, 0.25) is 0 Å². The summed E-state index contributed by atoms with van der Waals surface area (Å²) in [4.78, 5) is 12.4. The van der Waals surface area contributed by atoms with Crippen molar-refractivity contribution in [3.63, 3.8) is 0 Å². The van der Waals surface area contributed by atoms with Crippen LogP contribution in [-0.4, -0.2) is 33.2 Å². The molecular formula is C15H12ClN5O2. The quantitative estimate of drug-likeness (QED) is 0.795. The minimum Gasteiger partial charge on any atom is -0.496 e. The molecule has 1 heterocycles. The zero-order valence-electron chi connectivity index (χ0n) is 12.1. The number of nitrogens with one attached hydrogen (secondary N) is 1. The van der Waals surface area contributed by atoms with E-state index in [9.17, 15) is 4.79 Å². The zero-order valence-corrected chi connectivity index (χ0v) is 12.9. The second-order valence-electron chi connectivity index (χ2n) is 4.60. The number of hydrogen-bond acceptors (Lipinski definition) is 5. The van der Waals surface area contributed by atoms with Crippen molar-refractivity contribution < 1.29 is 9.53 Å². The first-order valence-electron chi connectivity index (χ1n) is 6.65. The van der Waals surface area contributed by atoms with Gasteiger partial charge in [-0.1, -0.05) is 17.7 Å². The number of carbonyl (C=O) groups is 1. The Balaban J connectivity index is 1.86. The first-order valence-corrected chi connectivity index (χ1v) is 7.03. The molecule has 2 aromatic carbocycles. The van der Waals surface area contributed by atoms with Crippen LogP contribution in [0.3, 0.4) is 0 Å². The predicted molar refractivity (Wildman–Crippen MR) is 85.1 cm³/mol. The summed E-state index contributed by atoms with van der Waals surface area (Å²) in [7, 11) is 1.50. The van der Waals surface area contributed by atoms with Gasteiger partial charge >= 0.3 is 0 Å². The minimum absolute atomic E-state index is 0.321. The molecule has 0 saturated carbocycles. The van der Waals surface area contributed by atoms with Crippen LogP contribution < -0.4 is 10.1 Å². The van der Waals surface area contributed by atoms with Crippen LogP contribution in [0.15, 0.2) is 48.8 Å². The highest BCUT2D eigenvalue weighted by atomic mass is 35.5. The number of ether oxygens (including phenoxy) is 1. The highest BCUT2D eigenvalue weighted by Gasteiger charge is 2.13. The van der Waals surface area contributed by atoms with Gasteiger partial charge in [0.15, 0.2) is 0 Å². The van der Waals surface area contributed by atoms with E-state index in [1.807, 2.05) is 6.07 Å². The molecule has 7 nitrogen and oxygen atoms in total. The zero-order chi connectivity index (χ0) is 16.2. The van der Waals surface area contributed by atoms with Gasteiger partial charge in [0.1, 0.15) is 12.1 Å². The normalized spacial score (nSPS) is 10.3. The molecule has 0 unspecified atom stereocenters. The Hall–Kier alpha value is -2.93. The molecule has 0 spiro atoms. The molecular weight excluding hydrogens is 318 g/mol. The van der Waals surface area contributed by atoms with E-state index in [-0.39, 0.29) is 5.91 Å². The van der Waals surface area contributed by atoms with E-state index in [0.29, 0.717) is 22.0 Å². The van der Waals surface area contributed by atoms with Crippen molar-refractivity contribution in [1.29, 1.82) is 0 Å². The monoisotopic (exact) mass is 329 g/mol. The lowest BCUT2D eigenvalue weighted by molar-refractivity contribution is 0.102. The van der Waals surface area contributed by atoms with Gasteiger partial charge in [0, 0.05) is 10.7 Å². The molecule has 1 aromatic heterocycles. The summed E-state index contributed by atoms with van der Waals surface area (Å²) in [5.41, 5.74) is 1.68. The van der Waals surface area contributed by atoms with E-state index < -0.39 is 0 Å². The average molecular weight is 330 g/mol. The van der Waals surface area contributed by atoms with Crippen molar-refractivity contribution in [3.8, 4) is 11.4 Å². The van der Waals surface area contributed by atoms with E-state index in [2.05, 4.69) is 20.8 Å². The Bertz CT molecular complexity index is 836. The lowest BCUT2D eigenvalue weighted by Crippen LogP contribution is -2.13. The number of benzene rings is 2. The second kappa shape index (κ2) is 6.45. The number of hydrogen-bond donors (Lipinski definition) is 1. The summed E-state index contributed by atoms with van der Waals surface area (Å²) in [5.74, 6) is 0.127. The SMILES string of the molecule is COc1ccc(Cl)cc1C(=O)Nc1cccc(-n2cnnn2)c1. The maximum atomic E-state index is 12.4. The summed E-state index contributed by atoms with van der Waals surface area (Å²) in [6.07, 6.45) is 1.47. The fourth-order valence-electron chi connectivity index (χ4n) is 2.06. The molecule has 1 amide bonds. The van der Waals surface area contributed by atoms with E-state index >= 15 is 0 Å². The fourth-order valence-corrected chi connectivity index (χ4v) is 2.23. The fraction of sp³-hybridized carbons (Fsp3) is 0.0667. The number of methoxy groups -OCH3 is 1. The van der Waals surface area contributed by atoms with Gasteiger partial charge in [-0.15, -0.1) is 5.10 Å².